The van der Waals surface area contributed by atoms with Gasteiger partial charge in [0.15, 0.2) is 11.6 Å². The van der Waals surface area contributed by atoms with Gasteiger partial charge in [0.2, 0.25) is 0 Å². The summed E-state index contributed by atoms with van der Waals surface area (Å²) in [6.45, 7) is -1.46. The Labute approximate surface area is 141 Å². The highest BCUT2D eigenvalue weighted by atomic mass is 19.3. The monoisotopic (exact) mass is 353 g/mol. The van der Waals surface area contributed by atoms with E-state index in [1.165, 1.54) is 18.5 Å². The topological polar surface area (TPSA) is 92.5 Å². The summed E-state index contributed by atoms with van der Waals surface area (Å²) in [4.78, 5) is 7.93. The number of nitrogens with zero attached hydrogens (tertiary/aromatic N) is 3. The Morgan fingerprint density at radius 3 is 2.88 bits per heavy atom. The van der Waals surface area contributed by atoms with E-state index < -0.39 is 18.2 Å². The fourth-order valence-electron chi connectivity index (χ4n) is 1.69. The van der Waals surface area contributed by atoms with Crippen molar-refractivity contribution in [2.75, 3.05) is 11.9 Å². The van der Waals surface area contributed by atoms with Gasteiger partial charge in [0.05, 0.1) is 0 Å². The van der Waals surface area contributed by atoms with Crippen LogP contribution in [0.1, 0.15) is 5.69 Å². The van der Waals surface area contributed by atoms with Gasteiger partial charge in [-0.2, -0.15) is 13.9 Å². The number of anilines is 1. The highest BCUT2D eigenvalue weighted by molar-refractivity contribution is 5.51. The number of hydrogen-bond donors (Lipinski definition) is 2. The van der Waals surface area contributed by atoms with E-state index in [0.29, 0.717) is 5.69 Å². The number of aromatic nitrogens is 2. The van der Waals surface area contributed by atoms with Gasteiger partial charge in [0, 0.05) is 29.8 Å². The molecule has 0 aliphatic rings. The fraction of sp³-hybridized carbons (Fsp3) is 0.200. The normalized spacial score (nSPS) is 11.3. The molecule has 1 aromatic carbocycles. The molecule has 7 nitrogen and oxygen atoms in total. The molecule has 2 rings (SSSR count). The zero-order chi connectivity index (χ0) is 18.2. The third kappa shape index (κ3) is 5.75. The first-order chi connectivity index (χ1) is 12.0. The number of aryl methyl sites for hydroxylation is 1. The molecule has 0 unspecified atom stereocenters. The average Bonchev–Trinajstić information content (AvgIpc) is 2.57. The number of halogens is 3. The Kier molecular flexibility index (Phi) is 6.26. The van der Waals surface area contributed by atoms with Crippen LogP contribution in [0.5, 0.6) is 11.8 Å². The molecular formula is C15H14F3N5O2. The highest BCUT2D eigenvalue weighted by Gasteiger charge is 2.10. The molecule has 0 atom stereocenters. The Morgan fingerprint density at radius 2 is 2.20 bits per heavy atom. The summed E-state index contributed by atoms with van der Waals surface area (Å²) in [7, 11) is 0. The lowest BCUT2D eigenvalue weighted by molar-refractivity contribution is -0.0521. The van der Waals surface area contributed by atoms with Crippen LogP contribution in [0.25, 0.3) is 0 Å². The smallest absolute Gasteiger partial charge is 0.387 e. The van der Waals surface area contributed by atoms with Crippen molar-refractivity contribution in [3.63, 3.8) is 0 Å². The van der Waals surface area contributed by atoms with E-state index in [1.54, 1.807) is 13.0 Å². The van der Waals surface area contributed by atoms with Crippen LogP contribution in [0.15, 0.2) is 47.5 Å². The zero-order valence-electron chi connectivity index (χ0n) is 13.0. The maximum absolute atomic E-state index is 13.4. The largest absolute Gasteiger partial charge is 0.457 e. The Balaban J connectivity index is 2.01. The Morgan fingerprint density at radius 1 is 1.40 bits per heavy atom. The third-order valence-corrected chi connectivity index (χ3v) is 2.82. The molecule has 25 heavy (non-hydrogen) atoms. The van der Waals surface area contributed by atoms with Crippen molar-refractivity contribution in [2.24, 2.45) is 5.11 Å². The van der Waals surface area contributed by atoms with Crippen LogP contribution >= 0.6 is 0 Å². The minimum Gasteiger partial charge on any atom is -0.457 e. The summed E-state index contributed by atoms with van der Waals surface area (Å²) in [5, 5.41) is 5.97. The number of nitrogens with one attached hydrogen (secondary N) is 2. The number of rotatable bonds is 8. The van der Waals surface area contributed by atoms with Crippen molar-refractivity contribution in [1.82, 2.24) is 9.97 Å². The standard InChI is InChI=1S/C15H14F3N5O2/c1-9-4-5-20-15(22-9)24-8-11(23-19)7-21-10-2-3-12(16)13(6-10)25-14(17)18/h2-7,14,19,21H,8H2,1H3/b11-7-,23-19?. The molecule has 2 aromatic rings. The van der Waals surface area contributed by atoms with E-state index in [4.69, 9.17) is 10.3 Å². The predicted octanol–water partition coefficient (Wildman–Crippen LogP) is 3.89. The predicted molar refractivity (Wildman–Crippen MR) is 82.1 cm³/mol. The SMILES string of the molecule is Cc1ccnc(OC/C(=C/Nc2ccc(F)c(OC(F)F)c2)N=N)n1. The highest BCUT2D eigenvalue weighted by Crippen LogP contribution is 2.23. The number of alkyl halides is 2. The molecule has 2 N–H and O–H groups in total. The molecule has 0 bridgehead atoms. The molecule has 1 aromatic heterocycles. The van der Waals surface area contributed by atoms with Crippen LogP contribution < -0.4 is 14.8 Å². The van der Waals surface area contributed by atoms with E-state index in [2.05, 4.69) is 25.1 Å². The summed E-state index contributed by atoms with van der Waals surface area (Å²) < 4.78 is 47.1. The fourth-order valence-corrected chi connectivity index (χ4v) is 1.69. The van der Waals surface area contributed by atoms with Crippen LogP contribution in [-0.2, 0) is 0 Å². The van der Waals surface area contributed by atoms with Gasteiger partial charge in [-0.1, -0.05) is 0 Å². The second-order valence-electron chi connectivity index (χ2n) is 4.68. The minimum atomic E-state index is -3.14. The summed E-state index contributed by atoms with van der Waals surface area (Å²) in [6, 6.07) is 5.18. The molecule has 0 spiro atoms. The van der Waals surface area contributed by atoms with Gasteiger partial charge >= 0.3 is 12.6 Å². The molecule has 0 aliphatic heterocycles. The summed E-state index contributed by atoms with van der Waals surface area (Å²) >= 11 is 0. The second-order valence-corrected chi connectivity index (χ2v) is 4.68. The summed E-state index contributed by atoms with van der Waals surface area (Å²) in [5.41, 5.74) is 8.27. The molecule has 0 saturated heterocycles. The summed E-state index contributed by atoms with van der Waals surface area (Å²) in [5.74, 6) is -1.51. The molecule has 0 aliphatic carbocycles. The van der Waals surface area contributed by atoms with Crippen molar-refractivity contribution >= 4 is 5.69 Å². The minimum absolute atomic E-state index is 0.0957. The first kappa shape index (κ1) is 18.2. The van der Waals surface area contributed by atoms with Crippen LogP contribution in [0, 0.1) is 18.3 Å². The lowest BCUT2D eigenvalue weighted by Gasteiger charge is -2.09. The van der Waals surface area contributed by atoms with Crippen molar-refractivity contribution in [1.29, 1.82) is 5.53 Å². The van der Waals surface area contributed by atoms with Crippen LogP contribution in [0.4, 0.5) is 18.9 Å². The van der Waals surface area contributed by atoms with Crippen molar-refractivity contribution in [2.45, 2.75) is 13.5 Å². The van der Waals surface area contributed by atoms with E-state index >= 15 is 0 Å². The number of benzene rings is 1. The van der Waals surface area contributed by atoms with Gasteiger partial charge in [-0.15, -0.1) is 0 Å². The maximum Gasteiger partial charge on any atom is 0.387 e. The molecule has 132 valence electrons. The van der Waals surface area contributed by atoms with E-state index in [9.17, 15) is 13.2 Å². The van der Waals surface area contributed by atoms with E-state index in [1.807, 2.05) is 0 Å². The third-order valence-electron chi connectivity index (χ3n) is 2.82. The van der Waals surface area contributed by atoms with Gasteiger partial charge in [0.1, 0.15) is 12.3 Å². The number of ether oxygens (including phenoxy) is 2. The molecule has 0 fully saturated rings. The quantitative estimate of drug-likeness (QED) is 0.703. The Bertz CT molecular complexity index is 771. The second kappa shape index (κ2) is 8.62. The average molecular weight is 353 g/mol. The maximum atomic E-state index is 13.4. The van der Waals surface area contributed by atoms with Gasteiger partial charge in [-0.05, 0) is 25.1 Å². The van der Waals surface area contributed by atoms with Gasteiger partial charge in [-0.25, -0.2) is 19.9 Å². The lowest BCUT2D eigenvalue weighted by Crippen LogP contribution is -2.05. The van der Waals surface area contributed by atoms with Crippen LogP contribution in [0.3, 0.4) is 0 Å². The van der Waals surface area contributed by atoms with Gasteiger partial charge in [-0.3, -0.25) is 0 Å². The van der Waals surface area contributed by atoms with Crippen LogP contribution in [-0.4, -0.2) is 23.2 Å². The van der Waals surface area contributed by atoms with Gasteiger partial charge < -0.3 is 14.8 Å². The lowest BCUT2D eigenvalue weighted by atomic mass is 10.3. The molecule has 0 saturated carbocycles. The first-order valence-electron chi connectivity index (χ1n) is 6.98. The molecular weight excluding hydrogens is 339 g/mol. The summed E-state index contributed by atoms with van der Waals surface area (Å²) in [6.07, 6.45) is 2.84. The molecule has 10 heteroatoms. The molecule has 1 heterocycles. The van der Waals surface area contributed by atoms with Crippen molar-refractivity contribution in [3.05, 3.63) is 53.9 Å². The number of hydrogen-bond acceptors (Lipinski definition) is 7. The molecule has 0 radical (unpaired) electrons. The van der Waals surface area contributed by atoms with Crippen molar-refractivity contribution < 1.29 is 22.6 Å². The Hall–Kier alpha value is -3.17. The van der Waals surface area contributed by atoms with Gasteiger partial charge in [0.25, 0.3) is 0 Å². The molecule has 0 amide bonds. The van der Waals surface area contributed by atoms with Crippen LogP contribution in [0.2, 0.25) is 0 Å². The van der Waals surface area contributed by atoms with Crippen molar-refractivity contribution in [3.8, 4) is 11.8 Å². The first-order valence-corrected chi connectivity index (χ1v) is 6.98. The van der Waals surface area contributed by atoms with E-state index in [0.717, 1.165) is 12.1 Å². The van der Waals surface area contributed by atoms with E-state index in [-0.39, 0.29) is 24.0 Å². The zero-order valence-corrected chi connectivity index (χ0v) is 13.0.